The molecule has 1 fully saturated rings. The lowest BCUT2D eigenvalue weighted by atomic mass is 10.0. The standard InChI is InChI=1S/C18H22N4O3/c1-21-8-6-16(7-9-21)22(2)12-14(11-19)17(23)20-15-5-3-4-13(10-15)18(24)25/h3-5,10,12,16H,6-9H2,1-2H3,(H,20,23)(H,24,25)/b14-12-. The zero-order chi connectivity index (χ0) is 18.4. The Morgan fingerprint density at radius 2 is 2.08 bits per heavy atom. The van der Waals surface area contributed by atoms with E-state index in [0.717, 1.165) is 25.9 Å². The second-order valence-corrected chi connectivity index (χ2v) is 6.19. The Bertz CT molecular complexity index is 715. The van der Waals surface area contributed by atoms with Crippen molar-refractivity contribution >= 4 is 17.6 Å². The molecule has 25 heavy (non-hydrogen) atoms. The van der Waals surface area contributed by atoms with Gasteiger partial charge in [-0.05, 0) is 51.2 Å². The van der Waals surface area contributed by atoms with Crippen molar-refractivity contribution in [3.05, 3.63) is 41.6 Å². The van der Waals surface area contributed by atoms with E-state index in [2.05, 4.69) is 17.3 Å². The van der Waals surface area contributed by atoms with E-state index in [4.69, 9.17) is 5.11 Å². The van der Waals surface area contributed by atoms with Crippen LogP contribution in [0.25, 0.3) is 0 Å². The third-order valence-electron chi connectivity index (χ3n) is 4.33. The molecule has 0 spiro atoms. The van der Waals surface area contributed by atoms with Gasteiger partial charge in [-0.3, -0.25) is 4.79 Å². The highest BCUT2D eigenvalue weighted by molar-refractivity contribution is 6.06. The molecule has 132 valence electrons. The molecular weight excluding hydrogens is 320 g/mol. The molecule has 0 bridgehead atoms. The normalized spacial score (nSPS) is 16.1. The van der Waals surface area contributed by atoms with Crippen LogP contribution in [0, 0.1) is 11.3 Å². The molecule has 0 saturated carbocycles. The van der Waals surface area contributed by atoms with Crippen molar-refractivity contribution in [3.8, 4) is 6.07 Å². The first kappa shape index (κ1) is 18.5. The lowest BCUT2D eigenvalue weighted by Crippen LogP contribution is -2.40. The number of carboxylic acids is 1. The van der Waals surface area contributed by atoms with Crippen molar-refractivity contribution in [2.45, 2.75) is 18.9 Å². The molecule has 1 aliphatic heterocycles. The largest absolute Gasteiger partial charge is 0.478 e. The molecule has 1 aromatic rings. The van der Waals surface area contributed by atoms with Gasteiger partial charge in [0.2, 0.25) is 0 Å². The van der Waals surface area contributed by atoms with Crippen LogP contribution in [0.3, 0.4) is 0 Å². The monoisotopic (exact) mass is 342 g/mol. The SMILES string of the molecule is CN1CCC(N(C)/C=C(/C#N)C(=O)Nc2cccc(C(=O)O)c2)CC1. The number of hydrogen-bond donors (Lipinski definition) is 2. The van der Waals surface area contributed by atoms with Gasteiger partial charge in [0.25, 0.3) is 5.91 Å². The minimum absolute atomic E-state index is 0.0119. The Kier molecular flexibility index (Phi) is 6.14. The first-order valence-electron chi connectivity index (χ1n) is 8.08. The van der Waals surface area contributed by atoms with Gasteiger partial charge in [0.15, 0.2) is 0 Å². The number of aromatic carboxylic acids is 1. The summed E-state index contributed by atoms with van der Waals surface area (Å²) in [5.74, 6) is -1.63. The van der Waals surface area contributed by atoms with Crippen molar-refractivity contribution in [1.29, 1.82) is 5.26 Å². The third kappa shape index (κ3) is 5.06. The molecule has 2 rings (SSSR count). The van der Waals surface area contributed by atoms with E-state index in [0.29, 0.717) is 11.7 Å². The molecule has 0 atom stereocenters. The van der Waals surface area contributed by atoms with Gasteiger partial charge in [-0.25, -0.2) is 4.79 Å². The van der Waals surface area contributed by atoms with Crippen LogP contribution in [0.5, 0.6) is 0 Å². The number of hydrogen-bond acceptors (Lipinski definition) is 5. The smallest absolute Gasteiger partial charge is 0.335 e. The molecule has 2 N–H and O–H groups in total. The van der Waals surface area contributed by atoms with Crippen molar-refractivity contribution in [3.63, 3.8) is 0 Å². The molecule has 1 heterocycles. The van der Waals surface area contributed by atoms with E-state index in [9.17, 15) is 14.9 Å². The topological polar surface area (TPSA) is 96.7 Å². The first-order valence-corrected chi connectivity index (χ1v) is 8.08. The van der Waals surface area contributed by atoms with Gasteiger partial charge in [-0.15, -0.1) is 0 Å². The summed E-state index contributed by atoms with van der Waals surface area (Å²) in [5.41, 5.74) is 0.402. The number of rotatable bonds is 5. The maximum atomic E-state index is 12.3. The summed E-state index contributed by atoms with van der Waals surface area (Å²) < 4.78 is 0. The Morgan fingerprint density at radius 3 is 2.68 bits per heavy atom. The Morgan fingerprint density at radius 1 is 1.40 bits per heavy atom. The van der Waals surface area contributed by atoms with Gasteiger partial charge in [0.05, 0.1) is 5.56 Å². The number of nitrogens with one attached hydrogen (secondary N) is 1. The predicted molar refractivity (Wildman–Crippen MR) is 94.0 cm³/mol. The summed E-state index contributed by atoms with van der Waals surface area (Å²) in [6.45, 7) is 1.97. The molecule has 0 aromatic heterocycles. The summed E-state index contributed by atoms with van der Waals surface area (Å²) in [7, 11) is 3.94. The second-order valence-electron chi connectivity index (χ2n) is 6.19. The van der Waals surface area contributed by atoms with Crippen LogP contribution in [0.4, 0.5) is 5.69 Å². The van der Waals surface area contributed by atoms with E-state index in [1.807, 2.05) is 18.0 Å². The predicted octanol–water partition coefficient (Wildman–Crippen LogP) is 1.76. The minimum Gasteiger partial charge on any atom is -0.478 e. The van der Waals surface area contributed by atoms with E-state index in [1.54, 1.807) is 18.3 Å². The van der Waals surface area contributed by atoms with Crippen molar-refractivity contribution < 1.29 is 14.7 Å². The van der Waals surface area contributed by atoms with E-state index in [1.165, 1.54) is 12.1 Å². The van der Waals surface area contributed by atoms with Crippen LogP contribution in [0.1, 0.15) is 23.2 Å². The number of anilines is 1. The number of nitrogens with zero attached hydrogens (tertiary/aromatic N) is 3. The number of carbonyl (C=O) groups excluding carboxylic acids is 1. The van der Waals surface area contributed by atoms with Gasteiger partial charge in [0.1, 0.15) is 11.6 Å². The fourth-order valence-corrected chi connectivity index (χ4v) is 2.78. The highest BCUT2D eigenvalue weighted by Crippen LogP contribution is 2.16. The zero-order valence-electron chi connectivity index (χ0n) is 14.4. The van der Waals surface area contributed by atoms with Gasteiger partial charge in [0, 0.05) is 25.0 Å². The molecule has 7 heteroatoms. The lowest BCUT2D eigenvalue weighted by molar-refractivity contribution is -0.112. The maximum absolute atomic E-state index is 12.3. The number of amides is 1. The van der Waals surface area contributed by atoms with Crippen LogP contribution >= 0.6 is 0 Å². The number of nitriles is 1. The van der Waals surface area contributed by atoms with Crippen LogP contribution in [0.2, 0.25) is 0 Å². The third-order valence-corrected chi connectivity index (χ3v) is 4.33. The van der Waals surface area contributed by atoms with Gasteiger partial charge in [-0.1, -0.05) is 6.07 Å². The molecule has 1 amide bonds. The number of carboxylic acid groups (broad SMARTS) is 1. The molecule has 0 unspecified atom stereocenters. The Labute approximate surface area is 147 Å². The van der Waals surface area contributed by atoms with E-state index < -0.39 is 11.9 Å². The summed E-state index contributed by atoms with van der Waals surface area (Å²) in [6, 6.07) is 8.13. The fraction of sp³-hybridized carbons (Fsp3) is 0.389. The molecule has 7 nitrogen and oxygen atoms in total. The highest BCUT2D eigenvalue weighted by atomic mass is 16.4. The van der Waals surface area contributed by atoms with Crippen molar-refractivity contribution in [1.82, 2.24) is 9.80 Å². The van der Waals surface area contributed by atoms with E-state index >= 15 is 0 Å². The van der Waals surface area contributed by atoms with Gasteiger partial charge >= 0.3 is 5.97 Å². The van der Waals surface area contributed by atoms with Crippen LogP contribution < -0.4 is 5.32 Å². The average molecular weight is 342 g/mol. The quantitative estimate of drug-likeness (QED) is 0.625. The number of likely N-dealkylation sites (tertiary alicyclic amines) is 1. The molecule has 1 aliphatic rings. The summed E-state index contributed by atoms with van der Waals surface area (Å²) >= 11 is 0. The molecule has 1 saturated heterocycles. The Hall–Kier alpha value is -2.85. The molecule has 1 aromatic carbocycles. The van der Waals surface area contributed by atoms with Gasteiger partial charge < -0.3 is 20.2 Å². The Balaban J connectivity index is 2.06. The summed E-state index contributed by atoms with van der Waals surface area (Å²) in [4.78, 5) is 27.5. The first-order chi connectivity index (χ1) is 11.9. The zero-order valence-corrected chi connectivity index (χ0v) is 14.4. The van der Waals surface area contributed by atoms with E-state index in [-0.39, 0.29) is 11.1 Å². The molecular formula is C18H22N4O3. The van der Waals surface area contributed by atoms with Crippen LogP contribution in [-0.4, -0.2) is 60.0 Å². The lowest BCUT2D eigenvalue weighted by Gasteiger charge is -2.34. The number of benzene rings is 1. The van der Waals surface area contributed by atoms with Gasteiger partial charge in [-0.2, -0.15) is 5.26 Å². The minimum atomic E-state index is -1.07. The number of carbonyl (C=O) groups is 2. The van der Waals surface area contributed by atoms with Crippen LogP contribution in [-0.2, 0) is 4.79 Å². The number of piperidine rings is 1. The summed E-state index contributed by atoms with van der Waals surface area (Å²) in [6.07, 6.45) is 3.52. The molecule has 0 radical (unpaired) electrons. The fourth-order valence-electron chi connectivity index (χ4n) is 2.78. The van der Waals surface area contributed by atoms with Crippen LogP contribution in [0.15, 0.2) is 36.0 Å². The van der Waals surface area contributed by atoms with Crippen molar-refractivity contribution in [2.75, 3.05) is 32.5 Å². The molecule has 0 aliphatic carbocycles. The second kappa shape index (κ2) is 8.31. The average Bonchev–Trinajstić information content (AvgIpc) is 2.60. The highest BCUT2D eigenvalue weighted by Gasteiger charge is 2.20. The maximum Gasteiger partial charge on any atom is 0.335 e. The van der Waals surface area contributed by atoms with Crippen molar-refractivity contribution in [2.24, 2.45) is 0 Å². The summed E-state index contributed by atoms with van der Waals surface area (Å²) in [5, 5.41) is 20.9.